The van der Waals surface area contributed by atoms with Gasteiger partial charge in [0.05, 0.1) is 5.60 Å². The zero-order valence-electron chi connectivity index (χ0n) is 9.82. The third-order valence-electron chi connectivity index (χ3n) is 3.87. The first-order valence-corrected chi connectivity index (χ1v) is 6.18. The first-order valence-electron chi connectivity index (χ1n) is 6.18. The van der Waals surface area contributed by atoms with Gasteiger partial charge in [0.2, 0.25) is 0 Å². The van der Waals surface area contributed by atoms with Crippen molar-refractivity contribution in [1.82, 2.24) is 0 Å². The summed E-state index contributed by atoms with van der Waals surface area (Å²) >= 11 is 0. The average Bonchev–Trinajstić information content (AvgIpc) is 2.30. The SMILES string of the molecule is CCC1CCCCC1(O)c1cccc(O)c1. The van der Waals surface area contributed by atoms with Crippen molar-refractivity contribution in [1.29, 1.82) is 0 Å². The smallest absolute Gasteiger partial charge is 0.115 e. The van der Waals surface area contributed by atoms with Crippen molar-refractivity contribution in [2.24, 2.45) is 5.92 Å². The average molecular weight is 220 g/mol. The van der Waals surface area contributed by atoms with E-state index in [-0.39, 0.29) is 5.75 Å². The molecule has 88 valence electrons. The Morgan fingerprint density at radius 3 is 2.88 bits per heavy atom. The van der Waals surface area contributed by atoms with Gasteiger partial charge in [-0.3, -0.25) is 0 Å². The maximum Gasteiger partial charge on any atom is 0.115 e. The predicted octanol–water partition coefficient (Wildman–Crippen LogP) is 3.18. The number of benzene rings is 1. The molecule has 1 aliphatic rings. The quantitative estimate of drug-likeness (QED) is 0.803. The molecule has 16 heavy (non-hydrogen) atoms. The predicted molar refractivity (Wildman–Crippen MR) is 64.3 cm³/mol. The van der Waals surface area contributed by atoms with Gasteiger partial charge in [-0.15, -0.1) is 0 Å². The lowest BCUT2D eigenvalue weighted by Crippen LogP contribution is -2.37. The molecular weight excluding hydrogens is 200 g/mol. The zero-order valence-corrected chi connectivity index (χ0v) is 9.82. The second kappa shape index (κ2) is 4.46. The minimum absolute atomic E-state index is 0.242. The fraction of sp³-hybridized carbons (Fsp3) is 0.571. The van der Waals surface area contributed by atoms with E-state index < -0.39 is 5.60 Å². The van der Waals surface area contributed by atoms with Crippen LogP contribution in [-0.4, -0.2) is 10.2 Å². The van der Waals surface area contributed by atoms with Crippen molar-refractivity contribution < 1.29 is 10.2 Å². The van der Waals surface area contributed by atoms with Crippen molar-refractivity contribution in [3.63, 3.8) is 0 Å². The summed E-state index contributed by atoms with van der Waals surface area (Å²) in [6.07, 6.45) is 5.17. The summed E-state index contributed by atoms with van der Waals surface area (Å²) in [5.74, 6) is 0.564. The van der Waals surface area contributed by atoms with Crippen LogP contribution >= 0.6 is 0 Å². The standard InChI is InChI=1S/C14H20O2/c1-2-11-6-3-4-9-14(11,16)12-7-5-8-13(15)10-12/h5,7-8,10-11,15-16H,2-4,6,9H2,1H3. The minimum Gasteiger partial charge on any atom is -0.508 e. The third-order valence-corrected chi connectivity index (χ3v) is 3.87. The van der Waals surface area contributed by atoms with Crippen LogP contribution in [0.2, 0.25) is 0 Å². The molecule has 0 aliphatic heterocycles. The molecule has 0 bridgehead atoms. The lowest BCUT2D eigenvalue weighted by atomic mass is 9.70. The van der Waals surface area contributed by atoms with Gasteiger partial charge in [0, 0.05) is 0 Å². The molecule has 0 spiro atoms. The molecule has 1 saturated carbocycles. The first-order chi connectivity index (χ1) is 7.66. The van der Waals surface area contributed by atoms with Crippen molar-refractivity contribution in [3.8, 4) is 5.75 Å². The van der Waals surface area contributed by atoms with Gasteiger partial charge in [-0.05, 0) is 36.5 Å². The van der Waals surface area contributed by atoms with Crippen LogP contribution in [0.5, 0.6) is 5.75 Å². The highest BCUT2D eigenvalue weighted by Gasteiger charge is 2.39. The van der Waals surface area contributed by atoms with Gasteiger partial charge in [0.1, 0.15) is 5.75 Å². The Labute approximate surface area is 96.9 Å². The highest BCUT2D eigenvalue weighted by atomic mass is 16.3. The number of phenols is 1. The Morgan fingerprint density at radius 1 is 1.38 bits per heavy atom. The van der Waals surface area contributed by atoms with E-state index in [2.05, 4.69) is 6.92 Å². The molecule has 2 rings (SSSR count). The molecule has 2 nitrogen and oxygen atoms in total. The van der Waals surface area contributed by atoms with Crippen molar-refractivity contribution >= 4 is 0 Å². The number of rotatable bonds is 2. The van der Waals surface area contributed by atoms with Crippen molar-refractivity contribution in [3.05, 3.63) is 29.8 Å². The third kappa shape index (κ3) is 1.94. The molecule has 1 aliphatic carbocycles. The summed E-state index contributed by atoms with van der Waals surface area (Å²) in [6.45, 7) is 2.13. The van der Waals surface area contributed by atoms with Gasteiger partial charge >= 0.3 is 0 Å². The van der Waals surface area contributed by atoms with E-state index in [0.717, 1.165) is 31.2 Å². The maximum absolute atomic E-state index is 10.8. The molecule has 2 unspecified atom stereocenters. The van der Waals surface area contributed by atoms with Crippen LogP contribution in [0.1, 0.15) is 44.6 Å². The first kappa shape index (κ1) is 11.5. The van der Waals surface area contributed by atoms with Crippen LogP contribution in [0.15, 0.2) is 24.3 Å². The van der Waals surface area contributed by atoms with E-state index in [1.54, 1.807) is 12.1 Å². The van der Waals surface area contributed by atoms with Gasteiger partial charge in [-0.1, -0.05) is 38.3 Å². The molecule has 2 N–H and O–H groups in total. The molecular formula is C14H20O2. The minimum atomic E-state index is -0.730. The monoisotopic (exact) mass is 220 g/mol. The Morgan fingerprint density at radius 2 is 2.19 bits per heavy atom. The highest BCUT2D eigenvalue weighted by molar-refractivity contribution is 5.32. The van der Waals surface area contributed by atoms with E-state index in [1.165, 1.54) is 6.42 Å². The summed E-state index contributed by atoms with van der Waals surface area (Å²) in [7, 11) is 0. The number of aromatic hydroxyl groups is 1. The van der Waals surface area contributed by atoms with Crippen LogP contribution in [-0.2, 0) is 5.60 Å². The van der Waals surface area contributed by atoms with Gasteiger partial charge < -0.3 is 10.2 Å². The fourth-order valence-electron chi connectivity index (χ4n) is 2.93. The van der Waals surface area contributed by atoms with Crippen LogP contribution in [0.4, 0.5) is 0 Å². The molecule has 0 amide bonds. The normalized spacial score (nSPS) is 30.2. The van der Waals surface area contributed by atoms with E-state index in [9.17, 15) is 10.2 Å². The molecule has 0 heterocycles. The van der Waals surface area contributed by atoms with Crippen LogP contribution < -0.4 is 0 Å². The number of aliphatic hydroxyl groups is 1. The number of hydrogen-bond donors (Lipinski definition) is 2. The molecule has 0 saturated heterocycles. The van der Waals surface area contributed by atoms with Gasteiger partial charge in [-0.2, -0.15) is 0 Å². The fourth-order valence-corrected chi connectivity index (χ4v) is 2.93. The Hall–Kier alpha value is -1.02. The summed E-state index contributed by atoms with van der Waals surface area (Å²) < 4.78 is 0. The Balaban J connectivity index is 2.34. The van der Waals surface area contributed by atoms with Crippen LogP contribution in [0, 0.1) is 5.92 Å². The van der Waals surface area contributed by atoms with Gasteiger partial charge in [0.25, 0.3) is 0 Å². The van der Waals surface area contributed by atoms with Crippen molar-refractivity contribution in [2.45, 2.75) is 44.6 Å². The number of hydrogen-bond acceptors (Lipinski definition) is 2. The summed E-state index contributed by atoms with van der Waals surface area (Å²) in [5.41, 5.74) is 0.144. The van der Waals surface area contributed by atoms with Crippen LogP contribution in [0.25, 0.3) is 0 Å². The summed E-state index contributed by atoms with van der Waals surface area (Å²) in [6, 6.07) is 7.09. The van der Waals surface area contributed by atoms with E-state index >= 15 is 0 Å². The molecule has 1 aromatic carbocycles. The molecule has 0 radical (unpaired) electrons. The lowest BCUT2D eigenvalue weighted by molar-refractivity contribution is -0.0558. The van der Waals surface area contributed by atoms with E-state index in [0.29, 0.717) is 5.92 Å². The summed E-state index contributed by atoms with van der Waals surface area (Å²) in [5, 5.41) is 20.3. The van der Waals surface area contributed by atoms with Gasteiger partial charge in [0.15, 0.2) is 0 Å². The molecule has 1 fully saturated rings. The largest absolute Gasteiger partial charge is 0.508 e. The van der Waals surface area contributed by atoms with E-state index in [1.807, 2.05) is 12.1 Å². The molecule has 2 heteroatoms. The summed E-state index contributed by atoms with van der Waals surface area (Å²) in [4.78, 5) is 0. The topological polar surface area (TPSA) is 40.5 Å². The second-order valence-electron chi connectivity index (χ2n) is 4.83. The highest BCUT2D eigenvalue weighted by Crippen LogP contribution is 2.43. The van der Waals surface area contributed by atoms with E-state index in [4.69, 9.17) is 0 Å². The van der Waals surface area contributed by atoms with Gasteiger partial charge in [-0.25, -0.2) is 0 Å². The molecule has 0 aromatic heterocycles. The molecule has 2 atom stereocenters. The van der Waals surface area contributed by atoms with Crippen LogP contribution in [0.3, 0.4) is 0 Å². The Kier molecular flexibility index (Phi) is 3.20. The number of phenolic OH excluding ortho intramolecular Hbond substituents is 1. The zero-order chi connectivity index (χ0) is 11.6. The maximum atomic E-state index is 10.8. The van der Waals surface area contributed by atoms with Crippen molar-refractivity contribution in [2.75, 3.05) is 0 Å². The molecule has 1 aromatic rings. The second-order valence-corrected chi connectivity index (χ2v) is 4.83. The Bertz CT molecular complexity index is 362. The lowest BCUT2D eigenvalue weighted by Gasteiger charge is -2.40.